The van der Waals surface area contributed by atoms with Gasteiger partial charge in [-0.3, -0.25) is 9.59 Å². The molecule has 0 saturated heterocycles. The summed E-state index contributed by atoms with van der Waals surface area (Å²) in [7, 11) is 3.37. The van der Waals surface area contributed by atoms with Gasteiger partial charge in [-0.2, -0.15) is 0 Å². The van der Waals surface area contributed by atoms with Crippen molar-refractivity contribution in [2.45, 2.75) is 24.8 Å². The highest BCUT2D eigenvalue weighted by atomic mass is 16.5. The van der Waals surface area contributed by atoms with E-state index in [0.29, 0.717) is 24.2 Å². The Hall–Kier alpha value is -1.84. The molecule has 1 heterocycles. The van der Waals surface area contributed by atoms with Crippen molar-refractivity contribution in [3.63, 3.8) is 0 Å². The second-order valence-corrected chi connectivity index (χ2v) is 4.88. The number of benzene rings is 1. The van der Waals surface area contributed by atoms with Gasteiger partial charge in [-0.1, -0.05) is 6.07 Å². The first-order valence-electron chi connectivity index (χ1n) is 6.12. The van der Waals surface area contributed by atoms with Gasteiger partial charge in [-0.25, -0.2) is 0 Å². The van der Waals surface area contributed by atoms with Crippen molar-refractivity contribution in [1.29, 1.82) is 0 Å². The van der Waals surface area contributed by atoms with Crippen molar-refractivity contribution >= 4 is 17.3 Å². The van der Waals surface area contributed by atoms with Crippen LogP contribution in [-0.2, 0) is 4.79 Å². The second kappa shape index (κ2) is 3.57. The quantitative estimate of drug-likeness (QED) is 0.708. The minimum atomic E-state index is -0.961. The molecule has 18 heavy (non-hydrogen) atoms. The summed E-state index contributed by atoms with van der Waals surface area (Å²) < 4.78 is 5.25. The van der Waals surface area contributed by atoms with Crippen molar-refractivity contribution in [2.24, 2.45) is 0 Å². The fourth-order valence-corrected chi connectivity index (χ4v) is 3.21. The summed E-state index contributed by atoms with van der Waals surface area (Å²) in [6.07, 6.45) is 1.89. The van der Waals surface area contributed by atoms with Crippen LogP contribution in [0.4, 0.5) is 5.69 Å². The monoisotopic (exact) mass is 245 g/mol. The molecule has 1 spiro atoms. The Kier molecular flexibility index (Phi) is 2.24. The average molecular weight is 245 g/mol. The minimum Gasteiger partial charge on any atom is -0.496 e. The van der Waals surface area contributed by atoms with Gasteiger partial charge in [-0.05, 0) is 25.0 Å². The number of carbonyl (C=O) groups excluding carboxylic acids is 2. The predicted octanol–water partition coefficient (Wildman–Crippen LogP) is 1.82. The Labute approximate surface area is 106 Å². The van der Waals surface area contributed by atoms with Crippen molar-refractivity contribution in [1.82, 2.24) is 0 Å². The molecule has 94 valence electrons. The summed E-state index contributed by atoms with van der Waals surface area (Å²) in [4.78, 5) is 26.7. The van der Waals surface area contributed by atoms with Crippen LogP contribution in [0.5, 0.6) is 5.75 Å². The molecule has 0 radical (unpaired) electrons. The first kappa shape index (κ1) is 11.3. The zero-order valence-corrected chi connectivity index (χ0v) is 10.5. The lowest BCUT2D eigenvalue weighted by atomic mass is 9.90. The molecule has 1 saturated carbocycles. The van der Waals surface area contributed by atoms with E-state index in [0.717, 1.165) is 12.1 Å². The van der Waals surface area contributed by atoms with Crippen LogP contribution in [0.3, 0.4) is 0 Å². The van der Waals surface area contributed by atoms with E-state index >= 15 is 0 Å². The lowest BCUT2D eigenvalue weighted by molar-refractivity contribution is -0.120. The van der Waals surface area contributed by atoms with Crippen LogP contribution >= 0.6 is 0 Å². The van der Waals surface area contributed by atoms with Crippen molar-refractivity contribution in [3.05, 3.63) is 23.8 Å². The van der Waals surface area contributed by atoms with E-state index in [1.54, 1.807) is 13.2 Å². The van der Waals surface area contributed by atoms with Crippen LogP contribution < -0.4 is 9.64 Å². The molecule has 0 N–H and O–H groups in total. The summed E-state index contributed by atoms with van der Waals surface area (Å²) in [6.45, 7) is 0. The molecule has 0 amide bonds. The number of rotatable bonds is 1. The summed E-state index contributed by atoms with van der Waals surface area (Å²) in [6, 6.07) is 5.49. The minimum absolute atomic E-state index is 0.0354. The van der Waals surface area contributed by atoms with E-state index in [4.69, 9.17) is 4.74 Å². The topological polar surface area (TPSA) is 46.6 Å². The Bertz CT molecular complexity index is 552. The number of anilines is 1. The SMILES string of the molecule is COc1cccc2c1C(=O)C1(CCCC1=O)N2C. The van der Waals surface area contributed by atoms with Gasteiger partial charge < -0.3 is 9.64 Å². The largest absolute Gasteiger partial charge is 0.496 e. The maximum Gasteiger partial charge on any atom is 0.201 e. The molecule has 1 aromatic rings. The third kappa shape index (κ3) is 1.10. The van der Waals surface area contributed by atoms with E-state index in [9.17, 15) is 9.59 Å². The fraction of sp³-hybridized carbons (Fsp3) is 0.429. The molecule has 0 aromatic heterocycles. The molecule has 3 rings (SSSR count). The van der Waals surface area contributed by atoms with Crippen LogP contribution in [-0.4, -0.2) is 31.3 Å². The second-order valence-electron chi connectivity index (χ2n) is 4.88. The summed E-state index contributed by atoms with van der Waals surface area (Å²) in [5.74, 6) is 0.495. The predicted molar refractivity (Wildman–Crippen MR) is 67.3 cm³/mol. The van der Waals surface area contributed by atoms with Gasteiger partial charge in [0.2, 0.25) is 5.78 Å². The van der Waals surface area contributed by atoms with Crippen molar-refractivity contribution in [3.8, 4) is 5.75 Å². The zero-order valence-electron chi connectivity index (χ0n) is 10.5. The van der Waals surface area contributed by atoms with E-state index in [-0.39, 0.29) is 11.6 Å². The molecular formula is C14H15NO3. The zero-order chi connectivity index (χ0) is 12.9. The van der Waals surface area contributed by atoms with E-state index in [2.05, 4.69) is 0 Å². The molecule has 0 bridgehead atoms. The number of nitrogens with zero attached hydrogens (tertiary/aromatic N) is 1. The molecular weight excluding hydrogens is 230 g/mol. The number of likely N-dealkylation sites (N-methyl/N-ethyl adjacent to an activating group) is 1. The van der Waals surface area contributed by atoms with Gasteiger partial charge in [0.25, 0.3) is 0 Å². The van der Waals surface area contributed by atoms with E-state index in [1.807, 2.05) is 24.1 Å². The molecule has 4 heteroatoms. The number of ether oxygens (including phenoxy) is 1. The summed E-state index contributed by atoms with van der Waals surface area (Å²) in [5, 5.41) is 0. The molecule has 4 nitrogen and oxygen atoms in total. The summed E-state index contributed by atoms with van der Waals surface area (Å²) >= 11 is 0. The molecule has 1 aromatic carbocycles. The van der Waals surface area contributed by atoms with E-state index < -0.39 is 5.54 Å². The van der Waals surface area contributed by atoms with Gasteiger partial charge >= 0.3 is 0 Å². The highest BCUT2D eigenvalue weighted by Gasteiger charge is 2.57. The fourth-order valence-electron chi connectivity index (χ4n) is 3.21. The Balaban J connectivity index is 2.23. The van der Waals surface area contributed by atoms with Crippen molar-refractivity contribution in [2.75, 3.05) is 19.1 Å². The van der Waals surface area contributed by atoms with Gasteiger partial charge in [0.05, 0.1) is 18.4 Å². The number of ketones is 2. The molecule has 2 aliphatic rings. The molecule has 1 atom stereocenters. The molecule has 1 unspecified atom stereocenters. The van der Waals surface area contributed by atoms with Gasteiger partial charge in [-0.15, -0.1) is 0 Å². The highest BCUT2D eigenvalue weighted by Crippen LogP contribution is 2.47. The van der Waals surface area contributed by atoms with Crippen molar-refractivity contribution < 1.29 is 14.3 Å². The number of carbonyl (C=O) groups is 2. The molecule has 1 fully saturated rings. The van der Waals surface area contributed by atoms with Crippen LogP contribution in [0.2, 0.25) is 0 Å². The third-order valence-corrected chi connectivity index (χ3v) is 4.16. The average Bonchev–Trinajstić information content (AvgIpc) is 2.87. The van der Waals surface area contributed by atoms with Crippen LogP contribution in [0, 0.1) is 0 Å². The number of hydrogen-bond donors (Lipinski definition) is 0. The van der Waals surface area contributed by atoms with Crippen LogP contribution in [0.1, 0.15) is 29.6 Å². The standard InChI is InChI=1S/C14H15NO3/c1-15-9-5-3-6-10(18-2)12(9)13(17)14(15)8-4-7-11(14)16/h3,5-6H,4,7-8H2,1-2H3. The van der Waals surface area contributed by atoms with Crippen LogP contribution in [0.25, 0.3) is 0 Å². The maximum atomic E-state index is 12.7. The lowest BCUT2D eigenvalue weighted by Gasteiger charge is -2.30. The normalized spacial score (nSPS) is 26.0. The number of Topliss-reactive ketones (excluding diaryl/α,β-unsaturated/α-hetero) is 2. The number of hydrogen-bond acceptors (Lipinski definition) is 4. The number of fused-ring (bicyclic) bond motifs is 1. The Morgan fingerprint density at radius 3 is 2.72 bits per heavy atom. The smallest absolute Gasteiger partial charge is 0.201 e. The molecule has 1 aliphatic heterocycles. The van der Waals surface area contributed by atoms with Crippen LogP contribution in [0.15, 0.2) is 18.2 Å². The first-order valence-corrected chi connectivity index (χ1v) is 6.12. The molecule has 1 aliphatic carbocycles. The number of methoxy groups -OCH3 is 1. The van der Waals surface area contributed by atoms with E-state index in [1.165, 1.54) is 0 Å². The Morgan fingerprint density at radius 1 is 1.33 bits per heavy atom. The maximum absolute atomic E-state index is 12.7. The van der Waals surface area contributed by atoms with Gasteiger partial charge in [0.15, 0.2) is 11.3 Å². The van der Waals surface area contributed by atoms with Gasteiger partial charge in [0, 0.05) is 13.5 Å². The summed E-state index contributed by atoms with van der Waals surface area (Å²) in [5.41, 5.74) is 0.393. The van der Waals surface area contributed by atoms with Gasteiger partial charge in [0.1, 0.15) is 5.75 Å². The highest BCUT2D eigenvalue weighted by molar-refractivity contribution is 6.28. The third-order valence-electron chi connectivity index (χ3n) is 4.16. The Morgan fingerprint density at radius 2 is 2.11 bits per heavy atom. The first-order chi connectivity index (χ1) is 8.63. The lowest BCUT2D eigenvalue weighted by Crippen LogP contribution is -2.51.